The summed E-state index contributed by atoms with van der Waals surface area (Å²) in [5.74, 6) is -1.33. The highest BCUT2D eigenvalue weighted by molar-refractivity contribution is 5.82. The lowest BCUT2D eigenvalue weighted by molar-refractivity contribution is -0.147. The van der Waals surface area contributed by atoms with Gasteiger partial charge in [-0.1, -0.05) is 19.3 Å². The fourth-order valence-corrected chi connectivity index (χ4v) is 2.66. The van der Waals surface area contributed by atoms with Crippen LogP contribution in [0.3, 0.4) is 0 Å². The van der Waals surface area contributed by atoms with Gasteiger partial charge in [-0.25, -0.2) is 0 Å². The summed E-state index contributed by atoms with van der Waals surface area (Å²) in [4.78, 5) is 23.2. The van der Waals surface area contributed by atoms with Gasteiger partial charge in [0.05, 0.1) is 5.92 Å². The van der Waals surface area contributed by atoms with E-state index in [2.05, 4.69) is 5.32 Å². The van der Waals surface area contributed by atoms with Crippen molar-refractivity contribution in [2.75, 3.05) is 0 Å². The highest BCUT2D eigenvalue weighted by Gasteiger charge is 2.31. The summed E-state index contributed by atoms with van der Waals surface area (Å²) >= 11 is 0. The third-order valence-electron chi connectivity index (χ3n) is 3.46. The first kappa shape index (κ1) is 15.0. The van der Waals surface area contributed by atoms with Crippen LogP contribution >= 0.6 is 0 Å². The van der Waals surface area contributed by atoms with Crippen LogP contribution < -0.4 is 5.32 Å². The summed E-state index contributed by atoms with van der Waals surface area (Å²) in [5, 5.41) is 12.1. The minimum atomic E-state index is -0.828. The summed E-state index contributed by atoms with van der Waals surface area (Å²) in [6.45, 7) is 5.71. The maximum Gasteiger partial charge on any atom is 0.307 e. The molecule has 1 aliphatic carbocycles. The standard InChI is InChI=1S/C14H25NO3/c1-14(2,3)15-12(16)9-11(13(17)18)10-7-5-4-6-8-10/h10-11H,4-9H2,1-3H3,(H,15,16)(H,17,18). The number of nitrogens with one attached hydrogen (secondary N) is 1. The lowest BCUT2D eigenvalue weighted by atomic mass is 9.78. The van der Waals surface area contributed by atoms with Gasteiger partial charge in [0, 0.05) is 12.0 Å². The zero-order valence-electron chi connectivity index (χ0n) is 11.7. The monoisotopic (exact) mass is 255 g/mol. The van der Waals surface area contributed by atoms with Crippen molar-refractivity contribution in [3.8, 4) is 0 Å². The zero-order valence-corrected chi connectivity index (χ0v) is 11.7. The minimum Gasteiger partial charge on any atom is -0.481 e. The largest absolute Gasteiger partial charge is 0.481 e. The van der Waals surface area contributed by atoms with E-state index in [0.717, 1.165) is 25.7 Å². The molecule has 1 atom stereocenters. The number of carbonyl (C=O) groups excluding carboxylic acids is 1. The van der Waals surface area contributed by atoms with Crippen molar-refractivity contribution >= 4 is 11.9 Å². The second kappa shape index (κ2) is 6.21. The highest BCUT2D eigenvalue weighted by Crippen LogP contribution is 2.32. The second-order valence-electron chi connectivity index (χ2n) is 6.35. The van der Waals surface area contributed by atoms with Crippen LogP contribution in [-0.4, -0.2) is 22.5 Å². The van der Waals surface area contributed by atoms with Crippen LogP contribution in [0.4, 0.5) is 0 Å². The van der Waals surface area contributed by atoms with Crippen LogP contribution in [0.5, 0.6) is 0 Å². The molecular formula is C14H25NO3. The van der Waals surface area contributed by atoms with Crippen LogP contribution in [0.2, 0.25) is 0 Å². The Morgan fingerprint density at radius 3 is 2.22 bits per heavy atom. The molecule has 0 aliphatic heterocycles. The number of carbonyl (C=O) groups is 2. The van der Waals surface area contributed by atoms with Gasteiger partial charge in [0.1, 0.15) is 0 Å². The summed E-state index contributed by atoms with van der Waals surface area (Å²) < 4.78 is 0. The minimum absolute atomic E-state index is 0.108. The maximum absolute atomic E-state index is 11.8. The Balaban J connectivity index is 2.57. The number of aliphatic carboxylic acids is 1. The lowest BCUT2D eigenvalue weighted by Gasteiger charge is -2.28. The number of carboxylic acid groups (broad SMARTS) is 1. The summed E-state index contributed by atoms with van der Waals surface area (Å²) in [5.41, 5.74) is -0.299. The highest BCUT2D eigenvalue weighted by atomic mass is 16.4. The van der Waals surface area contributed by atoms with Crippen molar-refractivity contribution in [3.05, 3.63) is 0 Å². The van der Waals surface area contributed by atoms with Crippen molar-refractivity contribution in [2.24, 2.45) is 11.8 Å². The molecule has 18 heavy (non-hydrogen) atoms. The smallest absolute Gasteiger partial charge is 0.307 e. The molecule has 0 saturated heterocycles. The molecule has 1 fully saturated rings. The van der Waals surface area contributed by atoms with Crippen LogP contribution in [-0.2, 0) is 9.59 Å². The predicted molar refractivity (Wildman–Crippen MR) is 70.2 cm³/mol. The van der Waals surface area contributed by atoms with E-state index in [0.29, 0.717) is 0 Å². The van der Waals surface area contributed by atoms with Crippen molar-refractivity contribution < 1.29 is 14.7 Å². The van der Waals surface area contributed by atoms with Crippen molar-refractivity contribution in [1.29, 1.82) is 0 Å². The van der Waals surface area contributed by atoms with Gasteiger partial charge in [0.15, 0.2) is 0 Å². The van der Waals surface area contributed by atoms with E-state index in [-0.39, 0.29) is 23.8 Å². The third-order valence-corrected chi connectivity index (χ3v) is 3.46. The van der Waals surface area contributed by atoms with Gasteiger partial charge < -0.3 is 10.4 Å². The Bertz CT molecular complexity index is 301. The molecule has 1 unspecified atom stereocenters. The van der Waals surface area contributed by atoms with Crippen LogP contribution in [0.1, 0.15) is 59.3 Å². The summed E-state index contributed by atoms with van der Waals surface area (Å²) in [6.07, 6.45) is 5.37. The molecule has 1 aliphatic rings. The molecule has 4 heteroatoms. The van der Waals surface area contributed by atoms with E-state index in [9.17, 15) is 14.7 Å². The van der Waals surface area contributed by atoms with Gasteiger partial charge in [0.25, 0.3) is 0 Å². The molecule has 1 saturated carbocycles. The second-order valence-corrected chi connectivity index (χ2v) is 6.35. The first-order valence-corrected chi connectivity index (χ1v) is 6.83. The Kier molecular flexibility index (Phi) is 5.17. The first-order valence-electron chi connectivity index (χ1n) is 6.83. The van der Waals surface area contributed by atoms with Crippen LogP contribution in [0.15, 0.2) is 0 Å². The predicted octanol–water partition coefficient (Wildman–Crippen LogP) is 2.57. The molecule has 0 heterocycles. The molecule has 1 amide bonds. The van der Waals surface area contributed by atoms with Gasteiger partial charge in [-0.05, 0) is 39.5 Å². The number of hydrogen-bond donors (Lipinski definition) is 2. The fraction of sp³-hybridized carbons (Fsp3) is 0.857. The number of hydrogen-bond acceptors (Lipinski definition) is 2. The van der Waals surface area contributed by atoms with Gasteiger partial charge in [-0.15, -0.1) is 0 Å². The molecular weight excluding hydrogens is 230 g/mol. The fourth-order valence-electron chi connectivity index (χ4n) is 2.66. The molecule has 1 rings (SSSR count). The molecule has 0 spiro atoms. The molecule has 0 aromatic heterocycles. The Hall–Kier alpha value is -1.06. The average Bonchev–Trinajstić information content (AvgIpc) is 2.24. The Labute approximate surface area is 109 Å². The van der Waals surface area contributed by atoms with E-state index in [1.807, 2.05) is 20.8 Å². The molecule has 0 bridgehead atoms. The quantitative estimate of drug-likeness (QED) is 0.811. The van der Waals surface area contributed by atoms with Gasteiger partial charge in [-0.2, -0.15) is 0 Å². The SMILES string of the molecule is CC(C)(C)NC(=O)CC(C(=O)O)C1CCCCC1. The van der Waals surface area contributed by atoms with E-state index < -0.39 is 11.9 Å². The summed E-state index contributed by atoms with van der Waals surface area (Å²) in [7, 11) is 0. The van der Waals surface area contributed by atoms with E-state index in [1.54, 1.807) is 0 Å². The number of carboxylic acids is 1. The molecule has 2 N–H and O–H groups in total. The zero-order chi connectivity index (χ0) is 13.8. The maximum atomic E-state index is 11.8. The molecule has 0 aromatic carbocycles. The van der Waals surface area contributed by atoms with Crippen LogP contribution in [0.25, 0.3) is 0 Å². The molecule has 0 aromatic rings. The number of rotatable bonds is 4. The van der Waals surface area contributed by atoms with Gasteiger partial charge in [0.2, 0.25) is 5.91 Å². The van der Waals surface area contributed by atoms with Crippen LogP contribution in [0, 0.1) is 11.8 Å². The van der Waals surface area contributed by atoms with Crippen molar-refractivity contribution in [1.82, 2.24) is 5.32 Å². The van der Waals surface area contributed by atoms with Gasteiger partial charge in [-0.3, -0.25) is 9.59 Å². The lowest BCUT2D eigenvalue weighted by Crippen LogP contribution is -2.42. The first-order chi connectivity index (χ1) is 8.29. The molecule has 104 valence electrons. The molecule has 4 nitrogen and oxygen atoms in total. The van der Waals surface area contributed by atoms with E-state index in [4.69, 9.17) is 0 Å². The van der Waals surface area contributed by atoms with Crippen molar-refractivity contribution in [2.45, 2.75) is 64.8 Å². The Morgan fingerprint density at radius 2 is 1.78 bits per heavy atom. The van der Waals surface area contributed by atoms with E-state index >= 15 is 0 Å². The molecule has 0 radical (unpaired) electrons. The van der Waals surface area contributed by atoms with Gasteiger partial charge >= 0.3 is 5.97 Å². The topological polar surface area (TPSA) is 66.4 Å². The summed E-state index contributed by atoms with van der Waals surface area (Å²) in [6, 6.07) is 0. The number of amides is 1. The Morgan fingerprint density at radius 1 is 1.22 bits per heavy atom. The van der Waals surface area contributed by atoms with Crippen molar-refractivity contribution in [3.63, 3.8) is 0 Å². The third kappa shape index (κ3) is 5.07. The normalized spacial score (nSPS) is 19.3. The van der Waals surface area contributed by atoms with E-state index in [1.165, 1.54) is 6.42 Å². The average molecular weight is 255 g/mol.